The third-order valence-corrected chi connectivity index (χ3v) is 2.85. The highest BCUT2D eigenvalue weighted by Gasteiger charge is 2.31. The fraction of sp³-hybridized carbons (Fsp3) is 0.583. The molecule has 5 nitrogen and oxygen atoms in total. The summed E-state index contributed by atoms with van der Waals surface area (Å²) in [5.74, 6) is -0.706. The summed E-state index contributed by atoms with van der Waals surface area (Å²) in [6.07, 6.45) is 2.32. The van der Waals surface area contributed by atoms with Crippen LogP contribution in [0.2, 0.25) is 0 Å². The Balaban J connectivity index is 2.83. The number of nitrogens with zero attached hydrogens (tertiary/aromatic N) is 1. The Morgan fingerprint density at radius 2 is 2.24 bits per heavy atom. The van der Waals surface area contributed by atoms with E-state index in [0.29, 0.717) is 6.61 Å². The standard InChI is InChI=1S/C12H19N2O3/c1-12(2,3)8(9-5-13-7-14-9)4-10(16)11(17)6-15/h5-8,10,15-16H,4H2,1-3H3,(H,13,14). The van der Waals surface area contributed by atoms with Gasteiger partial charge in [0.25, 0.3) is 0 Å². The number of hydrogen-bond donors (Lipinski definition) is 3. The zero-order valence-corrected chi connectivity index (χ0v) is 10.3. The van der Waals surface area contributed by atoms with Crippen molar-refractivity contribution < 1.29 is 15.0 Å². The molecule has 2 unspecified atom stereocenters. The Bertz CT molecular complexity index is 354. The predicted molar refractivity (Wildman–Crippen MR) is 62.7 cm³/mol. The molecule has 0 fully saturated rings. The van der Waals surface area contributed by atoms with Gasteiger partial charge in [0.05, 0.1) is 6.33 Å². The molecule has 1 aromatic heterocycles. The molecule has 0 aliphatic rings. The van der Waals surface area contributed by atoms with E-state index in [-0.39, 0.29) is 17.8 Å². The van der Waals surface area contributed by atoms with Crippen molar-refractivity contribution in [2.24, 2.45) is 5.41 Å². The number of ketones is 1. The lowest BCUT2D eigenvalue weighted by Gasteiger charge is -2.31. The van der Waals surface area contributed by atoms with Crippen LogP contribution in [0.15, 0.2) is 12.5 Å². The van der Waals surface area contributed by atoms with Gasteiger partial charge in [-0.05, 0) is 11.8 Å². The summed E-state index contributed by atoms with van der Waals surface area (Å²) in [7, 11) is 0. The van der Waals surface area contributed by atoms with Crippen molar-refractivity contribution in [2.75, 3.05) is 0 Å². The second-order valence-electron chi connectivity index (χ2n) is 5.21. The molecule has 0 aliphatic heterocycles. The van der Waals surface area contributed by atoms with Crippen LogP contribution in [0.1, 0.15) is 38.8 Å². The van der Waals surface area contributed by atoms with E-state index < -0.39 is 11.9 Å². The Labute approximate surface area is 101 Å². The SMILES string of the molecule is CC(C)(C)C(CC(O)C(=O)[CH]O)c1cnc[nH]1. The van der Waals surface area contributed by atoms with Crippen molar-refractivity contribution in [3.05, 3.63) is 24.8 Å². The molecule has 1 rings (SSSR count). The summed E-state index contributed by atoms with van der Waals surface area (Å²) in [4.78, 5) is 18.1. The van der Waals surface area contributed by atoms with E-state index in [4.69, 9.17) is 5.11 Å². The number of aliphatic hydroxyl groups is 2. The Morgan fingerprint density at radius 3 is 2.65 bits per heavy atom. The van der Waals surface area contributed by atoms with Gasteiger partial charge in [-0.3, -0.25) is 4.79 Å². The van der Waals surface area contributed by atoms with Crippen LogP contribution in [0.25, 0.3) is 0 Å². The van der Waals surface area contributed by atoms with Gasteiger partial charge in [0.2, 0.25) is 0 Å². The van der Waals surface area contributed by atoms with Crippen LogP contribution in [-0.2, 0) is 4.79 Å². The largest absolute Gasteiger partial charge is 0.385 e. The zero-order valence-electron chi connectivity index (χ0n) is 10.3. The van der Waals surface area contributed by atoms with Gasteiger partial charge in [-0.15, -0.1) is 0 Å². The quantitative estimate of drug-likeness (QED) is 0.724. The smallest absolute Gasteiger partial charge is 0.192 e. The van der Waals surface area contributed by atoms with Crippen molar-refractivity contribution in [1.29, 1.82) is 0 Å². The first-order chi connectivity index (χ1) is 7.86. The fourth-order valence-electron chi connectivity index (χ4n) is 1.83. The lowest BCUT2D eigenvalue weighted by molar-refractivity contribution is -0.127. The first-order valence-electron chi connectivity index (χ1n) is 5.54. The molecule has 0 spiro atoms. The monoisotopic (exact) mass is 239 g/mol. The summed E-state index contributed by atoms with van der Waals surface area (Å²) < 4.78 is 0. The maximum atomic E-state index is 11.2. The molecule has 1 aromatic rings. The van der Waals surface area contributed by atoms with Gasteiger partial charge in [0, 0.05) is 17.8 Å². The van der Waals surface area contributed by atoms with Crippen molar-refractivity contribution in [1.82, 2.24) is 9.97 Å². The second-order valence-corrected chi connectivity index (χ2v) is 5.21. The molecule has 0 amide bonds. The number of hydrogen-bond acceptors (Lipinski definition) is 4. The lowest BCUT2D eigenvalue weighted by atomic mass is 9.75. The van der Waals surface area contributed by atoms with Crippen LogP contribution in [-0.4, -0.2) is 32.1 Å². The molecule has 0 saturated carbocycles. The molecular formula is C12H19N2O3. The van der Waals surface area contributed by atoms with E-state index in [1.54, 1.807) is 12.5 Å². The first-order valence-corrected chi connectivity index (χ1v) is 5.54. The van der Waals surface area contributed by atoms with Gasteiger partial charge in [0.1, 0.15) is 12.7 Å². The molecule has 2 atom stereocenters. The highest BCUT2D eigenvalue weighted by atomic mass is 16.3. The number of aromatic nitrogens is 2. The minimum absolute atomic E-state index is 0.0381. The summed E-state index contributed by atoms with van der Waals surface area (Å²) in [6, 6.07) is 0. The lowest BCUT2D eigenvalue weighted by Crippen LogP contribution is -2.28. The predicted octanol–water partition coefficient (Wildman–Crippen LogP) is 1.39. The highest BCUT2D eigenvalue weighted by molar-refractivity contribution is 5.89. The van der Waals surface area contributed by atoms with Crippen LogP contribution in [0.5, 0.6) is 0 Å². The number of aliphatic hydroxyl groups excluding tert-OH is 2. The molecule has 1 heterocycles. The Kier molecular flexibility index (Phi) is 4.42. The normalized spacial score (nSPS) is 15.6. The summed E-state index contributed by atoms with van der Waals surface area (Å²) in [5, 5.41) is 18.3. The number of imidazole rings is 1. The van der Waals surface area contributed by atoms with Crippen LogP contribution in [0.3, 0.4) is 0 Å². The molecule has 3 N–H and O–H groups in total. The Hall–Kier alpha value is -1.20. The highest BCUT2D eigenvalue weighted by Crippen LogP contribution is 2.37. The molecule has 0 saturated heterocycles. The van der Waals surface area contributed by atoms with E-state index in [1.165, 1.54) is 0 Å². The van der Waals surface area contributed by atoms with Crippen molar-refractivity contribution in [2.45, 2.75) is 39.2 Å². The van der Waals surface area contributed by atoms with Crippen molar-refractivity contribution in [3.8, 4) is 0 Å². The maximum Gasteiger partial charge on any atom is 0.192 e. The molecule has 17 heavy (non-hydrogen) atoms. The third kappa shape index (κ3) is 3.64. The van der Waals surface area contributed by atoms with Crippen LogP contribution in [0, 0.1) is 12.0 Å². The van der Waals surface area contributed by atoms with Gasteiger partial charge in [0.15, 0.2) is 5.78 Å². The number of carbonyl (C=O) groups excluding carboxylic acids is 1. The average Bonchev–Trinajstić information content (AvgIpc) is 2.75. The van der Waals surface area contributed by atoms with Gasteiger partial charge < -0.3 is 15.2 Å². The fourth-order valence-corrected chi connectivity index (χ4v) is 1.83. The molecular weight excluding hydrogens is 220 g/mol. The summed E-state index contributed by atoms with van der Waals surface area (Å²) >= 11 is 0. The zero-order chi connectivity index (χ0) is 13.1. The van der Waals surface area contributed by atoms with E-state index in [0.717, 1.165) is 5.69 Å². The number of Topliss-reactive ketones (excluding diaryl/α,β-unsaturated/α-hetero) is 1. The minimum atomic E-state index is -1.19. The number of H-pyrrole nitrogens is 1. The van der Waals surface area contributed by atoms with Gasteiger partial charge in [-0.2, -0.15) is 0 Å². The van der Waals surface area contributed by atoms with E-state index >= 15 is 0 Å². The third-order valence-electron chi connectivity index (χ3n) is 2.85. The number of carbonyl (C=O) groups is 1. The first kappa shape index (κ1) is 13.9. The molecule has 1 radical (unpaired) electrons. The van der Waals surface area contributed by atoms with Crippen molar-refractivity contribution in [3.63, 3.8) is 0 Å². The van der Waals surface area contributed by atoms with Gasteiger partial charge in [-0.1, -0.05) is 20.8 Å². The molecule has 0 aliphatic carbocycles. The van der Waals surface area contributed by atoms with Gasteiger partial charge in [-0.25, -0.2) is 4.98 Å². The summed E-state index contributed by atoms with van der Waals surface area (Å²) in [6.45, 7) is 6.49. The molecule has 0 bridgehead atoms. The van der Waals surface area contributed by atoms with Crippen LogP contribution >= 0.6 is 0 Å². The van der Waals surface area contributed by atoms with E-state index in [2.05, 4.69) is 9.97 Å². The van der Waals surface area contributed by atoms with Crippen molar-refractivity contribution >= 4 is 5.78 Å². The Morgan fingerprint density at radius 1 is 1.59 bits per heavy atom. The number of nitrogens with one attached hydrogen (secondary N) is 1. The van der Waals surface area contributed by atoms with Gasteiger partial charge >= 0.3 is 0 Å². The summed E-state index contributed by atoms with van der Waals surface area (Å²) in [5.41, 5.74) is 0.755. The number of rotatable bonds is 5. The minimum Gasteiger partial charge on any atom is -0.385 e. The van der Waals surface area contributed by atoms with Crippen LogP contribution in [0.4, 0.5) is 0 Å². The van der Waals surface area contributed by atoms with E-state index in [9.17, 15) is 9.90 Å². The maximum absolute atomic E-state index is 11.2. The molecule has 95 valence electrons. The average molecular weight is 239 g/mol. The second kappa shape index (κ2) is 5.42. The van der Waals surface area contributed by atoms with E-state index in [1.807, 2.05) is 20.8 Å². The van der Waals surface area contributed by atoms with Crippen LogP contribution < -0.4 is 0 Å². The number of aromatic amines is 1. The molecule has 5 heteroatoms. The topological polar surface area (TPSA) is 86.2 Å². The molecule has 0 aromatic carbocycles.